The lowest BCUT2D eigenvalue weighted by atomic mass is 10.4. The highest BCUT2D eigenvalue weighted by Crippen LogP contribution is 2.17. The Balaban J connectivity index is 2.36. The summed E-state index contributed by atoms with van der Waals surface area (Å²) in [6.07, 6.45) is 5.33. The van der Waals surface area contributed by atoms with Crippen molar-refractivity contribution in [2.24, 2.45) is 0 Å². The van der Waals surface area contributed by atoms with Crippen molar-refractivity contribution in [3.63, 3.8) is 0 Å². The van der Waals surface area contributed by atoms with Gasteiger partial charge in [0, 0.05) is 6.20 Å². The van der Waals surface area contributed by atoms with E-state index in [1.807, 2.05) is 0 Å². The molecule has 17 heavy (non-hydrogen) atoms. The van der Waals surface area contributed by atoms with E-state index in [4.69, 9.17) is 5.73 Å². The Morgan fingerprint density at radius 2 is 1.94 bits per heavy atom. The van der Waals surface area contributed by atoms with Gasteiger partial charge in [-0.1, -0.05) is 0 Å². The summed E-state index contributed by atoms with van der Waals surface area (Å²) in [6, 6.07) is 3.02. The van der Waals surface area contributed by atoms with Crippen LogP contribution >= 0.6 is 0 Å². The first-order valence-electron chi connectivity index (χ1n) is 4.58. The summed E-state index contributed by atoms with van der Waals surface area (Å²) < 4.78 is 26.1. The molecule has 88 valence electrons. The third-order valence-corrected chi connectivity index (χ3v) is 3.22. The fourth-order valence-electron chi connectivity index (χ4n) is 1.18. The normalized spacial score (nSPS) is 11.1. The standard InChI is InChI=1S/C9H9N5O2S/c10-8-2-1-3-13-9(8)17(15,16)14-7-4-11-6-12-5-7/h1-6,14H,10H2. The Labute approximate surface area is 97.8 Å². The second-order valence-electron chi connectivity index (χ2n) is 3.13. The molecule has 0 aromatic carbocycles. The Morgan fingerprint density at radius 1 is 1.24 bits per heavy atom. The number of pyridine rings is 1. The van der Waals surface area contributed by atoms with Gasteiger partial charge in [0.05, 0.1) is 23.8 Å². The third-order valence-electron chi connectivity index (χ3n) is 1.87. The smallest absolute Gasteiger partial charge is 0.281 e. The van der Waals surface area contributed by atoms with E-state index < -0.39 is 10.0 Å². The molecule has 0 saturated heterocycles. The Morgan fingerprint density at radius 3 is 2.59 bits per heavy atom. The summed E-state index contributed by atoms with van der Waals surface area (Å²) in [7, 11) is -3.81. The average molecular weight is 251 g/mol. The summed E-state index contributed by atoms with van der Waals surface area (Å²) in [5, 5.41) is -0.219. The summed E-state index contributed by atoms with van der Waals surface area (Å²) >= 11 is 0. The van der Waals surface area contributed by atoms with Gasteiger partial charge in [-0.15, -0.1) is 0 Å². The summed E-state index contributed by atoms with van der Waals surface area (Å²) in [5.41, 5.74) is 5.88. The molecule has 0 saturated carbocycles. The van der Waals surface area contributed by atoms with E-state index in [1.165, 1.54) is 31.0 Å². The first kappa shape index (κ1) is 11.3. The maximum Gasteiger partial charge on any atom is 0.281 e. The number of anilines is 2. The van der Waals surface area contributed by atoms with Crippen LogP contribution in [0.15, 0.2) is 42.1 Å². The van der Waals surface area contributed by atoms with E-state index in [2.05, 4.69) is 19.7 Å². The van der Waals surface area contributed by atoms with Gasteiger partial charge in [-0.2, -0.15) is 8.42 Å². The lowest BCUT2D eigenvalue weighted by molar-refractivity contribution is 0.598. The molecule has 3 N–H and O–H groups in total. The molecule has 2 rings (SSSR count). The number of hydrogen-bond acceptors (Lipinski definition) is 6. The molecule has 0 spiro atoms. The molecule has 0 bridgehead atoms. The third kappa shape index (κ3) is 2.48. The maximum atomic E-state index is 11.9. The molecule has 2 aromatic heterocycles. The predicted octanol–water partition coefficient (Wildman–Crippen LogP) is 0.255. The van der Waals surface area contributed by atoms with Gasteiger partial charge < -0.3 is 5.73 Å². The Kier molecular flexibility index (Phi) is 2.88. The highest BCUT2D eigenvalue weighted by atomic mass is 32.2. The molecule has 0 fully saturated rings. The maximum absolute atomic E-state index is 11.9. The molecule has 7 nitrogen and oxygen atoms in total. The second kappa shape index (κ2) is 4.34. The monoisotopic (exact) mass is 251 g/mol. The van der Waals surface area contributed by atoms with Crippen LogP contribution in [0.2, 0.25) is 0 Å². The Hall–Kier alpha value is -2.22. The van der Waals surface area contributed by atoms with Crippen LogP contribution in [0.1, 0.15) is 0 Å². The van der Waals surface area contributed by atoms with Crippen LogP contribution in [-0.4, -0.2) is 23.4 Å². The summed E-state index contributed by atoms with van der Waals surface area (Å²) in [5.74, 6) is 0. The van der Waals surface area contributed by atoms with Crippen molar-refractivity contribution in [1.29, 1.82) is 0 Å². The van der Waals surface area contributed by atoms with Crippen LogP contribution < -0.4 is 10.5 Å². The number of nitrogen functional groups attached to an aromatic ring is 1. The van der Waals surface area contributed by atoms with Crippen LogP contribution in [0.25, 0.3) is 0 Å². The Bertz CT molecular complexity index is 614. The molecule has 0 unspecified atom stereocenters. The van der Waals surface area contributed by atoms with Crippen LogP contribution in [0.4, 0.5) is 11.4 Å². The largest absolute Gasteiger partial charge is 0.396 e. The van der Waals surface area contributed by atoms with E-state index in [1.54, 1.807) is 6.07 Å². The number of hydrogen-bond donors (Lipinski definition) is 2. The molecule has 0 aliphatic rings. The molecule has 0 radical (unpaired) electrons. The molecule has 0 aliphatic carbocycles. The van der Waals surface area contributed by atoms with Gasteiger partial charge in [0.2, 0.25) is 0 Å². The average Bonchev–Trinajstić information content (AvgIpc) is 2.30. The first-order valence-corrected chi connectivity index (χ1v) is 6.06. The quantitative estimate of drug-likeness (QED) is 0.809. The number of sulfonamides is 1. The van der Waals surface area contributed by atoms with E-state index in [0.717, 1.165) is 0 Å². The molecule has 8 heteroatoms. The minimum absolute atomic E-state index is 0.0804. The molecule has 0 aliphatic heterocycles. The van der Waals surface area contributed by atoms with Crippen LogP contribution in [0, 0.1) is 0 Å². The fourth-order valence-corrected chi connectivity index (χ4v) is 2.27. The SMILES string of the molecule is Nc1cccnc1S(=O)(=O)Nc1cncnc1. The van der Waals surface area contributed by atoms with Crippen LogP contribution in [0.5, 0.6) is 0 Å². The van der Waals surface area contributed by atoms with Crippen molar-refractivity contribution in [3.05, 3.63) is 37.1 Å². The molecule has 2 aromatic rings. The van der Waals surface area contributed by atoms with E-state index in [9.17, 15) is 8.42 Å². The second-order valence-corrected chi connectivity index (χ2v) is 4.73. The van der Waals surface area contributed by atoms with Crippen LogP contribution in [-0.2, 0) is 10.0 Å². The minimum atomic E-state index is -3.81. The molecule has 2 heterocycles. The highest BCUT2D eigenvalue weighted by Gasteiger charge is 2.18. The van der Waals surface area contributed by atoms with E-state index in [-0.39, 0.29) is 16.4 Å². The zero-order chi connectivity index (χ0) is 12.3. The molecular formula is C9H9N5O2S. The van der Waals surface area contributed by atoms with E-state index in [0.29, 0.717) is 0 Å². The number of nitrogens with zero attached hydrogens (tertiary/aromatic N) is 3. The van der Waals surface area contributed by atoms with Crippen LogP contribution in [0.3, 0.4) is 0 Å². The van der Waals surface area contributed by atoms with Gasteiger partial charge in [0.1, 0.15) is 6.33 Å². The van der Waals surface area contributed by atoms with Crippen molar-refractivity contribution >= 4 is 21.4 Å². The molecule has 0 atom stereocenters. The zero-order valence-corrected chi connectivity index (χ0v) is 9.42. The first-order chi connectivity index (χ1) is 8.09. The van der Waals surface area contributed by atoms with Gasteiger partial charge >= 0.3 is 0 Å². The van der Waals surface area contributed by atoms with Gasteiger partial charge in [-0.3, -0.25) is 4.72 Å². The number of rotatable bonds is 3. The lowest BCUT2D eigenvalue weighted by Crippen LogP contribution is -2.16. The topological polar surface area (TPSA) is 111 Å². The highest BCUT2D eigenvalue weighted by molar-refractivity contribution is 7.92. The van der Waals surface area contributed by atoms with Crippen molar-refractivity contribution < 1.29 is 8.42 Å². The number of aromatic nitrogens is 3. The van der Waals surface area contributed by atoms with Gasteiger partial charge in [-0.05, 0) is 12.1 Å². The van der Waals surface area contributed by atoms with E-state index >= 15 is 0 Å². The fraction of sp³-hybridized carbons (Fsp3) is 0. The van der Waals surface area contributed by atoms with Crippen molar-refractivity contribution in [1.82, 2.24) is 15.0 Å². The van der Waals surface area contributed by atoms with Crippen molar-refractivity contribution in [3.8, 4) is 0 Å². The van der Waals surface area contributed by atoms with Crippen molar-refractivity contribution in [2.75, 3.05) is 10.5 Å². The van der Waals surface area contributed by atoms with Gasteiger partial charge in [-0.25, -0.2) is 15.0 Å². The van der Waals surface area contributed by atoms with Gasteiger partial charge in [0.25, 0.3) is 10.0 Å². The zero-order valence-electron chi connectivity index (χ0n) is 8.61. The summed E-state index contributed by atoms with van der Waals surface area (Å²) in [6.45, 7) is 0. The predicted molar refractivity (Wildman–Crippen MR) is 61.5 cm³/mol. The number of nitrogens with two attached hydrogens (primary N) is 1. The minimum Gasteiger partial charge on any atom is -0.396 e. The molecule has 0 amide bonds. The molecular weight excluding hydrogens is 242 g/mol. The lowest BCUT2D eigenvalue weighted by Gasteiger charge is -2.07. The van der Waals surface area contributed by atoms with Crippen molar-refractivity contribution in [2.45, 2.75) is 5.03 Å². The number of nitrogens with one attached hydrogen (secondary N) is 1. The summed E-state index contributed by atoms with van der Waals surface area (Å²) in [4.78, 5) is 11.1. The van der Waals surface area contributed by atoms with Gasteiger partial charge in [0.15, 0.2) is 5.03 Å².